The number of para-hydroxylation sites is 2. The van der Waals surface area contributed by atoms with Crippen LogP contribution in [0.1, 0.15) is 26.3 Å². The molecule has 4 rings (SSSR count). The maximum absolute atomic E-state index is 11.3. The van der Waals surface area contributed by atoms with Crippen molar-refractivity contribution in [3.8, 4) is 0 Å². The van der Waals surface area contributed by atoms with Crippen molar-refractivity contribution in [2.75, 3.05) is 11.7 Å². The molecule has 27 heavy (non-hydrogen) atoms. The van der Waals surface area contributed by atoms with Crippen LogP contribution in [0, 0.1) is 10.1 Å². The van der Waals surface area contributed by atoms with Gasteiger partial charge in [0.15, 0.2) is 0 Å². The Labute approximate surface area is 158 Å². The number of fused-ring (bicyclic) bond motifs is 2. The average Bonchev–Trinajstić information content (AvgIpc) is 2.90. The van der Waals surface area contributed by atoms with Gasteiger partial charge in [-0.3, -0.25) is 19.9 Å². The first-order valence-corrected chi connectivity index (χ1v) is 8.91. The fourth-order valence-corrected chi connectivity index (χ4v) is 3.42. The molecule has 3 aromatic rings. The lowest BCUT2D eigenvalue weighted by atomic mass is 9.84. The summed E-state index contributed by atoms with van der Waals surface area (Å²) in [4.78, 5) is 20.6. The SMILES string of the molecule is CCON1c2ccccc2C(C)(C)C1[N+](=O)[O-].c1ccc2ncccc2c1. The minimum Gasteiger partial charge on any atom is -0.268 e. The molecule has 2 aromatic carbocycles. The monoisotopic (exact) mass is 365 g/mol. The molecule has 0 spiro atoms. The number of aromatic nitrogens is 1. The highest BCUT2D eigenvalue weighted by molar-refractivity contribution is 5.77. The van der Waals surface area contributed by atoms with Crippen molar-refractivity contribution in [1.29, 1.82) is 0 Å². The van der Waals surface area contributed by atoms with E-state index in [1.807, 2.05) is 75.5 Å². The fourth-order valence-electron chi connectivity index (χ4n) is 3.42. The molecule has 1 unspecified atom stereocenters. The van der Waals surface area contributed by atoms with E-state index in [4.69, 9.17) is 4.84 Å². The number of anilines is 1. The Morgan fingerprint density at radius 3 is 2.48 bits per heavy atom. The molecule has 0 fully saturated rings. The third-order valence-electron chi connectivity index (χ3n) is 4.68. The molecular weight excluding hydrogens is 342 g/mol. The number of rotatable bonds is 3. The molecule has 0 radical (unpaired) electrons. The normalized spacial score (nSPS) is 17.1. The van der Waals surface area contributed by atoms with Gasteiger partial charge in [0, 0.05) is 16.5 Å². The van der Waals surface area contributed by atoms with E-state index in [-0.39, 0.29) is 4.92 Å². The third-order valence-corrected chi connectivity index (χ3v) is 4.68. The van der Waals surface area contributed by atoms with E-state index in [2.05, 4.69) is 17.1 Å². The van der Waals surface area contributed by atoms with Gasteiger partial charge in [-0.1, -0.05) is 42.5 Å². The zero-order valence-corrected chi connectivity index (χ0v) is 15.7. The van der Waals surface area contributed by atoms with Gasteiger partial charge < -0.3 is 0 Å². The third kappa shape index (κ3) is 3.61. The molecule has 1 aliphatic heterocycles. The summed E-state index contributed by atoms with van der Waals surface area (Å²) in [7, 11) is 0. The Hall–Kier alpha value is -2.99. The van der Waals surface area contributed by atoms with E-state index in [1.54, 1.807) is 0 Å². The summed E-state index contributed by atoms with van der Waals surface area (Å²) in [6, 6.07) is 19.6. The molecule has 0 saturated carbocycles. The number of hydrogen-bond acceptors (Lipinski definition) is 5. The molecule has 6 heteroatoms. The van der Waals surface area contributed by atoms with E-state index < -0.39 is 11.6 Å². The Bertz CT molecular complexity index is 877. The zero-order chi connectivity index (χ0) is 19.4. The molecule has 140 valence electrons. The van der Waals surface area contributed by atoms with Crippen LogP contribution in [0.5, 0.6) is 0 Å². The number of pyridine rings is 1. The summed E-state index contributed by atoms with van der Waals surface area (Å²) < 4.78 is 0. The van der Waals surface area contributed by atoms with Crippen LogP contribution in [0.2, 0.25) is 0 Å². The highest BCUT2D eigenvalue weighted by Crippen LogP contribution is 2.45. The minimum atomic E-state index is -0.875. The standard InChI is InChI=1S/C12H16N2O3.C9H7N/c1-4-17-13-10-8-6-5-7-9(10)12(2,3)11(13)14(15)16;1-2-6-9-8(4-1)5-3-7-10-9/h5-8,11H,4H2,1-3H3;1-7H. The second-order valence-corrected chi connectivity index (χ2v) is 6.84. The molecule has 0 bridgehead atoms. The largest absolute Gasteiger partial charge is 0.317 e. The van der Waals surface area contributed by atoms with E-state index in [1.165, 1.54) is 10.4 Å². The molecule has 0 saturated heterocycles. The van der Waals surface area contributed by atoms with Crippen LogP contribution >= 0.6 is 0 Å². The minimum absolute atomic E-state index is 0.282. The highest BCUT2D eigenvalue weighted by Gasteiger charge is 2.53. The van der Waals surface area contributed by atoms with E-state index in [9.17, 15) is 10.1 Å². The zero-order valence-electron chi connectivity index (χ0n) is 15.7. The van der Waals surface area contributed by atoms with E-state index >= 15 is 0 Å². The van der Waals surface area contributed by atoms with Gasteiger partial charge in [-0.2, -0.15) is 5.06 Å². The number of nitro groups is 1. The van der Waals surface area contributed by atoms with Gasteiger partial charge in [0.1, 0.15) is 0 Å². The maximum atomic E-state index is 11.3. The maximum Gasteiger partial charge on any atom is 0.317 e. The number of hydrogen-bond donors (Lipinski definition) is 0. The molecule has 0 N–H and O–H groups in total. The summed E-state index contributed by atoms with van der Waals surface area (Å²) in [5, 5.41) is 13.9. The lowest BCUT2D eigenvalue weighted by Gasteiger charge is -2.25. The number of benzene rings is 2. The van der Waals surface area contributed by atoms with Gasteiger partial charge in [0.25, 0.3) is 0 Å². The molecule has 1 aromatic heterocycles. The molecule has 6 nitrogen and oxygen atoms in total. The van der Waals surface area contributed by atoms with Gasteiger partial charge in [-0.05, 0) is 44.5 Å². The number of nitrogens with zero attached hydrogens (tertiary/aromatic N) is 3. The molecule has 2 heterocycles. The van der Waals surface area contributed by atoms with Crippen molar-refractivity contribution in [3.63, 3.8) is 0 Å². The first-order valence-electron chi connectivity index (χ1n) is 8.91. The van der Waals surface area contributed by atoms with Crippen LogP contribution in [-0.4, -0.2) is 22.7 Å². The Balaban J connectivity index is 0.000000177. The highest BCUT2D eigenvalue weighted by atomic mass is 16.7. The second kappa shape index (κ2) is 7.72. The van der Waals surface area contributed by atoms with Crippen molar-refractivity contribution in [1.82, 2.24) is 4.98 Å². The summed E-state index contributed by atoms with van der Waals surface area (Å²) in [5.74, 6) is 0. The van der Waals surface area contributed by atoms with Crippen LogP contribution in [0.15, 0.2) is 66.9 Å². The average molecular weight is 365 g/mol. The van der Waals surface area contributed by atoms with Crippen LogP contribution in [0.3, 0.4) is 0 Å². The fraction of sp³-hybridized carbons (Fsp3) is 0.286. The lowest BCUT2D eigenvalue weighted by Crippen LogP contribution is -2.47. The van der Waals surface area contributed by atoms with Crippen LogP contribution in [0.25, 0.3) is 10.9 Å². The molecular formula is C21H23N3O3. The van der Waals surface area contributed by atoms with Crippen LogP contribution in [-0.2, 0) is 10.3 Å². The second-order valence-electron chi connectivity index (χ2n) is 6.84. The van der Waals surface area contributed by atoms with Gasteiger partial charge >= 0.3 is 6.17 Å². The van der Waals surface area contributed by atoms with Crippen molar-refractivity contribution in [3.05, 3.63) is 82.5 Å². The van der Waals surface area contributed by atoms with Crippen molar-refractivity contribution >= 4 is 16.6 Å². The van der Waals surface area contributed by atoms with Crippen LogP contribution in [0.4, 0.5) is 5.69 Å². The summed E-state index contributed by atoms with van der Waals surface area (Å²) in [6.07, 6.45) is 0.933. The first kappa shape index (κ1) is 18.8. The summed E-state index contributed by atoms with van der Waals surface area (Å²) in [6.45, 7) is 5.98. The first-order chi connectivity index (χ1) is 13.0. The smallest absolute Gasteiger partial charge is 0.268 e. The van der Waals surface area contributed by atoms with Crippen molar-refractivity contribution < 1.29 is 9.76 Å². The summed E-state index contributed by atoms with van der Waals surface area (Å²) in [5.41, 5.74) is 2.25. The van der Waals surface area contributed by atoms with Crippen molar-refractivity contribution in [2.24, 2.45) is 0 Å². The molecule has 1 atom stereocenters. The van der Waals surface area contributed by atoms with Crippen molar-refractivity contribution in [2.45, 2.75) is 32.4 Å². The Kier molecular flexibility index (Phi) is 5.37. The molecule has 0 amide bonds. The van der Waals surface area contributed by atoms with Gasteiger partial charge in [-0.15, -0.1) is 0 Å². The molecule has 0 aliphatic carbocycles. The number of hydroxylamine groups is 1. The Morgan fingerprint density at radius 2 is 1.78 bits per heavy atom. The van der Waals surface area contributed by atoms with Gasteiger partial charge in [-0.25, -0.2) is 0 Å². The van der Waals surface area contributed by atoms with Gasteiger partial charge in [0.2, 0.25) is 0 Å². The van der Waals surface area contributed by atoms with E-state index in [0.717, 1.165) is 16.8 Å². The predicted molar refractivity (Wildman–Crippen MR) is 106 cm³/mol. The van der Waals surface area contributed by atoms with Gasteiger partial charge in [0.05, 0.1) is 23.2 Å². The Morgan fingerprint density at radius 1 is 1.11 bits per heavy atom. The van der Waals surface area contributed by atoms with Crippen LogP contribution < -0.4 is 5.06 Å². The quantitative estimate of drug-likeness (QED) is 0.502. The summed E-state index contributed by atoms with van der Waals surface area (Å²) >= 11 is 0. The van der Waals surface area contributed by atoms with E-state index in [0.29, 0.717) is 6.61 Å². The predicted octanol–water partition coefficient (Wildman–Crippen LogP) is 4.57. The lowest BCUT2D eigenvalue weighted by molar-refractivity contribution is -0.539. The topological polar surface area (TPSA) is 68.5 Å². The molecule has 1 aliphatic rings.